The number of nitrogen functional groups attached to an aromatic ring is 1. The Labute approximate surface area is 222 Å². The van der Waals surface area contributed by atoms with Crippen LogP contribution in [0.3, 0.4) is 0 Å². The molecule has 11 heteroatoms. The molecule has 10 nitrogen and oxygen atoms in total. The summed E-state index contributed by atoms with van der Waals surface area (Å²) in [6, 6.07) is 5.17. The highest BCUT2D eigenvalue weighted by Crippen LogP contribution is 2.29. The van der Waals surface area contributed by atoms with Crippen LogP contribution in [0.5, 0.6) is 0 Å². The Bertz CT molecular complexity index is 1120. The van der Waals surface area contributed by atoms with Crippen LogP contribution in [-0.4, -0.2) is 57.5 Å². The average molecular weight is 532 g/mol. The van der Waals surface area contributed by atoms with Crippen molar-refractivity contribution < 1.29 is 24.2 Å². The molecule has 0 aliphatic rings. The summed E-state index contributed by atoms with van der Waals surface area (Å²) in [6.45, 7) is 10.2. The topological polar surface area (TPSA) is 157 Å². The maximum Gasteiger partial charge on any atom is 0.407 e. The summed E-state index contributed by atoms with van der Waals surface area (Å²) in [5.41, 5.74) is 8.38. The second-order valence-electron chi connectivity index (χ2n) is 9.67. The number of aromatic carboxylic acids is 1. The summed E-state index contributed by atoms with van der Waals surface area (Å²) in [7, 11) is 0. The number of hydrogen-bond acceptors (Lipinski definition) is 8. The van der Waals surface area contributed by atoms with E-state index in [4.69, 9.17) is 10.5 Å². The van der Waals surface area contributed by atoms with E-state index in [0.29, 0.717) is 47.1 Å². The van der Waals surface area contributed by atoms with Gasteiger partial charge in [0.05, 0.1) is 11.3 Å². The van der Waals surface area contributed by atoms with E-state index in [0.717, 1.165) is 24.8 Å². The van der Waals surface area contributed by atoms with Crippen LogP contribution >= 0.6 is 11.8 Å². The molecule has 202 valence electrons. The molecule has 0 aliphatic carbocycles. The standard InChI is InChI=1S/C26H37N5O5S/c1-16-13-17(2)19(23(33)34)14-18(16)20-15-22(31-24(27)30-20)37-12-9-21(32)28-10-7-6-8-11-29-25(35)36-26(3,4)5/h13-15H,6-12H2,1-5H3,(H,28,32)(H,29,35)(H,33,34)(H2,27,30,31). The first kappa shape index (κ1) is 29.9. The number of carboxylic acid groups (broad SMARTS) is 1. The van der Waals surface area contributed by atoms with Crippen LogP contribution < -0.4 is 16.4 Å². The van der Waals surface area contributed by atoms with E-state index in [9.17, 15) is 19.5 Å². The normalized spacial score (nSPS) is 11.2. The molecule has 1 aromatic heterocycles. The van der Waals surface area contributed by atoms with Crippen molar-refractivity contribution in [3.8, 4) is 11.3 Å². The van der Waals surface area contributed by atoms with Crippen LogP contribution in [0.2, 0.25) is 0 Å². The van der Waals surface area contributed by atoms with E-state index in [1.54, 1.807) is 19.1 Å². The maximum atomic E-state index is 12.2. The van der Waals surface area contributed by atoms with Crippen molar-refractivity contribution in [1.29, 1.82) is 0 Å². The second-order valence-corrected chi connectivity index (χ2v) is 10.8. The van der Waals surface area contributed by atoms with Gasteiger partial charge in [0.2, 0.25) is 11.9 Å². The molecule has 5 N–H and O–H groups in total. The third-order valence-electron chi connectivity index (χ3n) is 5.22. The van der Waals surface area contributed by atoms with Gasteiger partial charge in [-0.15, -0.1) is 11.8 Å². The third kappa shape index (κ3) is 10.7. The summed E-state index contributed by atoms with van der Waals surface area (Å²) >= 11 is 1.39. The number of carbonyl (C=O) groups is 3. The van der Waals surface area contributed by atoms with Gasteiger partial charge in [-0.2, -0.15) is 0 Å². The van der Waals surface area contributed by atoms with Crippen molar-refractivity contribution in [3.63, 3.8) is 0 Å². The molecule has 0 fully saturated rings. The van der Waals surface area contributed by atoms with Crippen LogP contribution in [0, 0.1) is 13.8 Å². The number of unbranched alkanes of at least 4 members (excludes halogenated alkanes) is 2. The van der Waals surface area contributed by atoms with Gasteiger partial charge in [0.25, 0.3) is 0 Å². The van der Waals surface area contributed by atoms with Crippen molar-refractivity contribution in [2.75, 3.05) is 24.6 Å². The molecule has 0 saturated heterocycles. The lowest BCUT2D eigenvalue weighted by molar-refractivity contribution is -0.120. The number of aryl methyl sites for hydroxylation is 2. The van der Waals surface area contributed by atoms with Crippen molar-refractivity contribution in [2.45, 2.75) is 70.9 Å². The van der Waals surface area contributed by atoms with E-state index < -0.39 is 17.7 Å². The molecule has 0 atom stereocenters. The highest BCUT2D eigenvalue weighted by molar-refractivity contribution is 7.99. The summed E-state index contributed by atoms with van der Waals surface area (Å²) in [5.74, 6) is -0.460. The minimum Gasteiger partial charge on any atom is -0.478 e. The van der Waals surface area contributed by atoms with Crippen molar-refractivity contribution in [2.24, 2.45) is 0 Å². The SMILES string of the molecule is Cc1cc(C)c(-c2cc(SCCC(=O)NCCCCCNC(=O)OC(C)(C)C)nc(N)n2)cc1C(=O)O. The second kappa shape index (κ2) is 13.8. The van der Waals surface area contributed by atoms with Gasteiger partial charge in [0.1, 0.15) is 10.6 Å². The van der Waals surface area contributed by atoms with E-state index in [2.05, 4.69) is 20.6 Å². The van der Waals surface area contributed by atoms with E-state index in [1.807, 2.05) is 33.8 Å². The molecule has 1 heterocycles. The molecule has 2 aromatic rings. The Kier molecular flexibility index (Phi) is 11.2. The average Bonchev–Trinajstić information content (AvgIpc) is 2.76. The Morgan fingerprint density at radius 1 is 1.00 bits per heavy atom. The lowest BCUT2D eigenvalue weighted by Gasteiger charge is -2.19. The first-order chi connectivity index (χ1) is 17.4. The lowest BCUT2D eigenvalue weighted by Crippen LogP contribution is -2.33. The molecule has 0 bridgehead atoms. The van der Waals surface area contributed by atoms with Gasteiger partial charge in [-0.25, -0.2) is 19.6 Å². The predicted molar refractivity (Wildman–Crippen MR) is 145 cm³/mol. The van der Waals surface area contributed by atoms with Crippen LogP contribution in [0.4, 0.5) is 10.7 Å². The van der Waals surface area contributed by atoms with Gasteiger partial charge < -0.3 is 26.2 Å². The number of carboxylic acids is 1. The third-order valence-corrected chi connectivity index (χ3v) is 6.13. The molecule has 2 rings (SSSR count). The zero-order chi connectivity index (χ0) is 27.6. The molecule has 37 heavy (non-hydrogen) atoms. The summed E-state index contributed by atoms with van der Waals surface area (Å²) in [4.78, 5) is 43.8. The number of nitrogens with two attached hydrogens (primary N) is 1. The first-order valence-corrected chi connectivity index (χ1v) is 13.2. The number of nitrogens with zero attached hydrogens (tertiary/aromatic N) is 2. The number of thioether (sulfide) groups is 1. The summed E-state index contributed by atoms with van der Waals surface area (Å²) in [6.07, 6.45) is 2.38. The van der Waals surface area contributed by atoms with Gasteiger partial charge in [0, 0.05) is 30.8 Å². The molecular weight excluding hydrogens is 494 g/mol. The van der Waals surface area contributed by atoms with Gasteiger partial charge in [-0.1, -0.05) is 6.07 Å². The van der Waals surface area contributed by atoms with Gasteiger partial charge in [0.15, 0.2) is 0 Å². The molecule has 0 spiro atoms. The highest BCUT2D eigenvalue weighted by atomic mass is 32.2. The van der Waals surface area contributed by atoms with E-state index in [-0.39, 0.29) is 17.4 Å². The minimum atomic E-state index is -1.00. The lowest BCUT2D eigenvalue weighted by atomic mass is 9.98. The van der Waals surface area contributed by atoms with Crippen molar-refractivity contribution >= 4 is 35.7 Å². The van der Waals surface area contributed by atoms with Crippen LogP contribution in [0.1, 0.15) is 67.9 Å². The number of carbonyl (C=O) groups excluding carboxylic acids is 2. The number of ether oxygens (including phenoxy) is 1. The number of hydrogen-bond donors (Lipinski definition) is 4. The van der Waals surface area contributed by atoms with Crippen LogP contribution in [0.15, 0.2) is 23.2 Å². The fraction of sp³-hybridized carbons (Fsp3) is 0.500. The van der Waals surface area contributed by atoms with Gasteiger partial charge in [-0.05, 0) is 77.1 Å². The fourth-order valence-corrected chi connectivity index (χ4v) is 4.36. The minimum absolute atomic E-state index is 0.0536. The quantitative estimate of drug-likeness (QED) is 0.178. The summed E-state index contributed by atoms with van der Waals surface area (Å²) < 4.78 is 5.18. The van der Waals surface area contributed by atoms with Gasteiger partial charge in [-0.3, -0.25) is 4.79 Å². The Balaban J connectivity index is 1.75. The number of rotatable bonds is 12. The number of nitrogens with one attached hydrogen (secondary N) is 2. The molecule has 0 saturated carbocycles. The molecule has 0 aliphatic heterocycles. The number of alkyl carbamates (subject to hydrolysis) is 1. The molecule has 0 unspecified atom stereocenters. The first-order valence-electron chi connectivity index (χ1n) is 12.2. The number of aromatic nitrogens is 2. The molecular formula is C26H37N5O5S. The van der Waals surface area contributed by atoms with E-state index in [1.165, 1.54) is 11.8 Å². The van der Waals surface area contributed by atoms with Crippen molar-refractivity contribution in [1.82, 2.24) is 20.6 Å². The molecule has 0 radical (unpaired) electrons. The fourth-order valence-electron chi connectivity index (χ4n) is 3.51. The van der Waals surface area contributed by atoms with Crippen LogP contribution in [0.25, 0.3) is 11.3 Å². The number of benzene rings is 1. The van der Waals surface area contributed by atoms with E-state index >= 15 is 0 Å². The van der Waals surface area contributed by atoms with Crippen LogP contribution in [-0.2, 0) is 9.53 Å². The van der Waals surface area contributed by atoms with Gasteiger partial charge >= 0.3 is 12.1 Å². The molecule has 1 aromatic carbocycles. The Hall–Kier alpha value is -3.34. The predicted octanol–water partition coefficient (Wildman–Crippen LogP) is 4.33. The molecule has 2 amide bonds. The zero-order valence-corrected chi connectivity index (χ0v) is 23.0. The highest BCUT2D eigenvalue weighted by Gasteiger charge is 2.16. The monoisotopic (exact) mass is 531 g/mol. The number of amides is 2. The smallest absolute Gasteiger partial charge is 0.407 e. The Morgan fingerprint density at radius 2 is 1.68 bits per heavy atom. The zero-order valence-electron chi connectivity index (χ0n) is 22.1. The maximum absolute atomic E-state index is 12.2. The largest absolute Gasteiger partial charge is 0.478 e. The van der Waals surface area contributed by atoms with Crippen molar-refractivity contribution in [3.05, 3.63) is 34.9 Å². The summed E-state index contributed by atoms with van der Waals surface area (Å²) in [5, 5.41) is 15.7. The number of anilines is 1. The Morgan fingerprint density at radius 3 is 2.32 bits per heavy atom.